The maximum atomic E-state index is 11.0. The van der Waals surface area contributed by atoms with Crippen molar-refractivity contribution in [1.29, 1.82) is 0 Å². The van der Waals surface area contributed by atoms with Crippen LogP contribution in [0.5, 0.6) is 0 Å². The van der Waals surface area contributed by atoms with Crippen LogP contribution in [-0.2, 0) is 0 Å². The second kappa shape index (κ2) is 5.40. The van der Waals surface area contributed by atoms with Gasteiger partial charge in [-0.25, -0.2) is 19.7 Å². The molecule has 0 atom stereocenters. The van der Waals surface area contributed by atoms with Gasteiger partial charge in [-0.05, 0) is 12.1 Å². The fourth-order valence-corrected chi connectivity index (χ4v) is 1.39. The minimum atomic E-state index is -1.26. The molecule has 2 rings (SSSR count). The van der Waals surface area contributed by atoms with Gasteiger partial charge in [0.15, 0.2) is 17.8 Å². The van der Waals surface area contributed by atoms with E-state index >= 15 is 0 Å². The molecular weight excluding hydrogens is 272 g/mol. The highest BCUT2D eigenvalue weighted by molar-refractivity contribution is 6.30. The number of carboxylic acids is 1. The molecule has 0 bridgehead atoms. The van der Waals surface area contributed by atoms with Crippen molar-refractivity contribution >= 4 is 35.5 Å². The van der Waals surface area contributed by atoms with Gasteiger partial charge in [0, 0.05) is 6.20 Å². The third-order valence-electron chi connectivity index (χ3n) is 2.09. The molecule has 2 N–H and O–H groups in total. The Balaban J connectivity index is 2.39. The van der Waals surface area contributed by atoms with Crippen LogP contribution in [0.15, 0.2) is 24.5 Å². The highest BCUT2D eigenvalue weighted by Crippen LogP contribution is 2.17. The summed E-state index contributed by atoms with van der Waals surface area (Å²) in [4.78, 5) is 33.0. The number of anilines is 2. The van der Waals surface area contributed by atoms with E-state index in [0.29, 0.717) is 17.1 Å². The Labute approximate surface area is 112 Å². The van der Waals surface area contributed by atoms with E-state index in [-0.39, 0.29) is 17.2 Å². The standard InChI is InChI=1S/C11H7ClN4O3/c12-6-1-2-8(13-3-6)16-10-9(11(18)19)14-4-7(5-17)15-10/h1-5H,(H,18,19)(H,13,15,16). The molecule has 0 amide bonds. The molecule has 0 aliphatic rings. The number of aromatic nitrogens is 3. The first-order valence-corrected chi connectivity index (χ1v) is 5.42. The van der Waals surface area contributed by atoms with Crippen LogP contribution in [0, 0.1) is 0 Å². The Morgan fingerprint density at radius 2 is 2.11 bits per heavy atom. The second-order valence-corrected chi connectivity index (χ2v) is 3.84. The van der Waals surface area contributed by atoms with Gasteiger partial charge in [0.1, 0.15) is 11.5 Å². The van der Waals surface area contributed by atoms with Crippen molar-refractivity contribution in [2.45, 2.75) is 0 Å². The number of pyridine rings is 1. The number of aromatic carboxylic acids is 1. The maximum Gasteiger partial charge on any atom is 0.358 e. The molecule has 7 nitrogen and oxygen atoms in total. The minimum Gasteiger partial charge on any atom is -0.476 e. The van der Waals surface area contributed by atoms with Crippen molar-refractivity contribution in [2.75, 3.05) is 5.32 Å². The number of carboxylic acid groups (broad SMARTS) is 1. The highest BCUT2D eigenvalue weighted by Gasteiger charge is 2.15. The molecule has 96 valence electrons. The van der Waals surface area contributed by atoms with Gasteiger partial charge >= 0.3 is 5.97 Å². The van der Waals surface area contributed by atoms with Crippen molar-refractivity contribution in [2.24, 2.45) is 0 Å². The summed E-state index contributed by atoms with van der Waals surface area (Å²) in [6, 6.07) is 3.12. The third kappa shape index (κ3) is 3.02. The molecule has 0 aliphatic carbocycles. The number of carbonyl (C=O) groups is 2. The lowest BCUT2D eigenvalue weighted by molar-refractivity contribution is 0.0691. The predicted molar refractivity (Wildman–Crippen MR) is 66.9 cm³/mol. The molecule has 8 heteroatoms. The molecule has 0 unspecified atom stereocenters. The van der Waals surface area contributed by atoms with Crippen LogP contribution in [0.1, 0.15) is 21.0 Å². The quantitative estimate of drug-likeness (QED) is 0.821. The summed E-state index contributed by atoms with van der Waals surface area (Å²) < 4.78 is 0. The molecule has 2 aromatic heterocycles. The Morgan fingerprint density at radius 1 is 1.32 bits per heavy atom. The summed E-state index contributed by atoms with van der Waals surface area (Å²) in [7, 11) is 0. The van der Waals surface area contributed by atoms with Crippen LogP contribution in [0.2, 0.25) is 5.02 Å². The number of aldehydes is 1. The molecule has 0 spiro atoms. The molecular formula is C11H7ClN4O3. The van der Waals surface area contributed by atoms with E-state index in [1.54, 1.807) is 12.1 Å². The van der Waals surface area contributed by atoms with Crippen molar-refractivity contribution < 1.29 is 14.7 Å². The smallest absolute Gasteiger partial charge is 0.358 e. The van der Waals surface area contributed by atoms with Crippen LogP contribution < -0.4 is 5.32 Å². The summed E-state index contributed by atoms with van der Waals surface area (Å²) in [5, 5.41) is 12.1. The average molecular weight is 279 g/mol. The van der Waals surface area contributed by atoms with Crippen LogP contribution in [0.4, 0.5) is 11.6 Å². The van der Waals surface area contributed by atoms with E-state index in [1.807, 2.05) is 0 Å². The number of hydrogen-bond donors (Lipinski definition) is 2. The zero-order valence-corrected chi connectivity index (χ0v) is 10.1. The van der Waals surface area contributed by atoms with E-state index in [1.165, 1.54) is 6.20 Å². The average Bonchev–Trinajstić information content (AvgIpc) is 2.41. The summed E-state index contributed by atoms with van der Waals surface area (Å²) in [6.45, 7) is 0. The van der Waals surface area contributed by atoms with E-state index in [2.05, 4.69) is 20.3 Å². The van der Waals surface area contributed by atoms with Gasteiger partial charge < -0.3 is 10.4 Å². The van der Waals surface area contributed by atoms with Gasteiger partial charge in [-0.2, -0.15) is 0 Å². The highest BCUT2D eigenvalue weighted by atomic mass is 35.5. The first-order chi connectivity index (χ1) is 9.10. The van der Waals surface area contributed by atoms with Crippen LogP contribution in [0.3, 0.4) is 0 Å². The largest absolute Gasteiger partial charge is 0.476 e. The monoisotopic (exact) mass is 278 g/mol. The Hall–Kier alpha value is -2.54. The van der Waals surface area contributed by atoms with E-state index < -0.39 is 5.97 Å². The van der Waals surface area contributed by atoms with Crippen molar-refractivity contribution in [3.05, 3.63) is 40.9 Å². The fourth-order valence-electron chi connectivity index (χ4n) is 1.27. The zero-order valence-electron chi connectivity index (χ0n) is 9.37. The number of carbonyl (C=O) groups excluding carboxylic acids is 1. The zero-order chi connectivity index (χ0) is 13.8. The Kier molecular flexibility index (Phi) is 3.67. The predicted octanol–water partition coefficient (Wildman–Crippen LogP) is 1.78. The van der Waals surface area contributed by atoms with Gasteiger partial charge in [0.05, 0.1) is 11.2 Å². The van der Waals surface area contributed by atoms with Gasteiger partial charge in [0.25, 0.3) is 0 Å². The minimum absolute atomic E-state index is 0.0152. The van der Waals surface area contributed by atoms with E-state index in [9.17, 15) is 9.59 Å². The SMILES string of the molecule is O=Cc1cnc(C(=O)O)c(Nc2ccc(Cl)cn2)n1. The molecule has 0 saturated heterocycles. The lowest BCUT2D eigenvalue weighted by Gasteiger charge is -2.07. The molecule has 2 heterocycles. The van der Waals surface area contributed by atoms with Gasteiger partial charge in [-0.3, -0.25) is 4.79 Å². The summed E-state index contributed by atoms with van der Waals surface area (Å²) in [5.41, 5.74) is -0.288. The molecule has 2 aromatic rings. The molecule has 0 aromatic carbocycles. The normalized spacial score (nSPS) is 9.95. The Bertz CT molecular complexity index is 630. The van der Waals surface area contributed by atoms with Gasteiger partial charge in [-0.1, -0.05) is 11.6 Å². The van der Waals surface area contributed by atoms with Crippen molar-refractivity contribution in [3.8, 4) is 0 Å². The van der Waals surface area contributed by atoms with Gasteiger partial charge in [-0.15, -0.1) is 0 Å². The number of nitrogens with zero attached hydrogens (tertiary/aromatic N) is 3. The van der Waals surface area contributed by atoms with Crippen LogP contribution >= 0.6 is 11.6 Å². The third-order valence-corrected chi connectivity index (χ3v) is 2.31. The van der Waals surface area contributed by atoms with Crippen LogP contribution in [-0.4, -0.2) is 32.3 Å². The summed E-state index contributed by atoms with van der Waals surface area (Å²) in [6.07, 6.45) is 2.94. The first-order valence-electron chi connectivity index (χ1n) is 5.04. The van der Waals surface area contributed by atoms with E-state index in [0.717, 1.165) is 6.20 Å². The molecule has 0 aliphatic heterocycles. The molecule has 0 radical (unpaired) electrons. The number of nitrogens with one attached hydrogen (secondary N) is 1. The lowest BCUT2D eigenvalue weighted by atomic mass is 10.3. The molecule has 19 heavy (non-hydrogen) atoms. The van der Waals surface area contributed by atoms with Crippen molar-refractivity contribution in [3.63, 3.8) is 0 Å². The lowest BCUT2D eigenvalue weighted by Crippen LogP contribution is -2.09. The fraction of sp³-hybridized carbons (Fsp3) is 0. The topological polar surface area (TPSA) is 105 Å². The number of hydrogen-bond acceptors (Lipinski definition) is 6. The van der Waals surface area contributed by atoms with Gasteiger partial charge in [0.2, 0.25) is 0 Å². The molecule has 0 fully saturated rings. The summed E-state index contributed by atoms with van der Waals surface area (Å²) in [5.74, 6) is -0.988. The van der Waals surface area contributed by atoms with E-state index in [4.69, 9.17) is 16.7 Å². The first kappa shape index (κ1) is 12.9. The number of halogens is 1. The summed E-state index contributed by atoms with van der Waals surface area (Å²) >= 11 is 5.69. The van der Waals surface area contributed by atoms with Crippen LogP contribution in [0.25, 0.3) is 0 Å². The second-order valence-electron chi connectivity index (χ2n) is 3.40. The molecule has 0 saturated carbocycles. The number of rotatable bonds is 4. The maximum absolute atomic E-state index is 11.0. The van der Waals surface area contributed by atoms with Crippen molar-refractivity contribution in [1.82, 2.24) is 15.0 Å². The Morgan fingerprint density at radius 3 is 2.68 bits per heavy atom.